The van der Waals surface area contributed by atoms with E-state index >= 15 is 0 Å². The van der Waals surface area contributed by atoms with Crippen LogP contribution in [-0.2, 0) is 0 Å². The summed E-state index contributed by atoms with van der Waals surface area (Å²) in [5.41, 5.74) is -0.214. The van der Waals surface area contributed by atoms with Crippen molar-refractivity contribution in [1.29, 1.82) is 5.26 Å². The van der Waals surface area contributed by atoms with E-state index in [2.05, 4.69) is 23.3 Å². The molecule has 3 rings (SSSR count). The Kier molecular flexibility index (Phi) is 3.82. The second-order valence-corrected chi connectivity index (χ2v) is 6.97. The van der Waals surface area contributed by atoms with Crippen LogP contribution in [0.15, 0.2) is 0 Å². The molecule has 106 valence electrons. The first-order valence-corrected chi connectivity index (χ1v) is 8.13. The van der Waals surface area contributed by atoms with Gasteiger partial charge in [0.15, 0.2) is 0 Å². The topological polar surface area (TPSA) is 39.1 Å². The molecule has 3 aliphatic carbocycles. The summed E-state index contributed by atoms with van der Waals surface area (Å²) in [6.07, 6.45) is 12.7. The van der Waals surface area contributed by atoms with Crippen LogP contribution >= 0.6 is 0 Å². The highest BCUT2D eigenvalue weighted by Gasteiger charge is 2.44. The molecule has 0 aromatic heterocycles. The summed E-state index contributed by atoms with van der Waals surface area (Å²) in [4.78, 5) is 2.60. The predicted octanol–water partition coefficient (Wildman–Crippen LogP) is 2.82. The third-order valence-electron chi connectivity index (χ3n) is 5.49. The Hall–Kier alpha value is -0.590. The molecule has 0 spiro atoms. The van der Waals surface area contributed by atoms with Gasteiger partial charge in [-0.1, -0.05) is 19.3 Å². The predicted molar refractivity (Wildman–Crippen MR) is 76.8 cm³/mol. The SMILES string of the molecule is CN(C1CCCCC1)C1CCC(C#N)(NC2CC2)C1. The van der Waals surface area contributed by atoms with Crippen molar-refractivity contribution in [2.24, 2.45) is 0 Å². The molecule has 0 aromatic carbocycles. The molecule has 0 amide bonds. The molecule has 0 radical (unpaired) electrons. The van der Waals surface area contributed by atoms with Gasteiger partial charge in [0.1, 0.15) is 5.54 Å². The molecule has 0 saturated heterocycles. The number of nitrogens with one attached hydrogen (secondary N) is 1. The first kappa shape index (κ1) is 13.4. The zero-order chi connectivity index (χ0) is 13.3. The number of nitrogens with zero attached hydrogens (tertiary/aromatic N) is 2. The van der Waals surface area contributed by atoms with E-state index in [4.69, 9.17) is 0 Å². The van der Waals surface area contributed by atoms with Gasteiger partial charge in [0.2, 0.25) is 0 Å². The molecular formula is C16H27N3. The van der Waals surface area contributed by atoms with E-state index in [-0.39, 0.29) is 5.54 Å². The Labute approximate surface area is 117 Å². The molecule has 0 bridgehead atoms. The minimum Gasteiger partial charge on any atom is -0.300 e. The van der Waals surface area contributed by atoms with Gasteiger partial charge in [-0.05, 0) is 52.0 Å². The first-order chi connectivity index (χ1) is 9.22. The molecule has 2 atom stereocenters. The van der Waals surface area contributed by atoms with Gasteiger partial charge >= 0.3 is 0 Å². The van der Waals surface area contributed by atoms with Gasteiger partial charge in [-0.2, -0.15) is 5.26 Å². The fourth-order valence-electron chi connectivity index (χ4n) is 4.04. The standard InChI is InChI=1S/C16H27N3/c1-19(14-5-3-2-4-6-14)15-9-10-16(11-15,12-17)18-13-7-8-13/h13-15,18H,2-11H2,1H3. The largest absolute Gasteiger partial charge is 0.300 e. The van der Waals surface area contributed by atoms with Crippen LogP contribution in [0, 0.1) is 11.3 Å². The molecule has 0 aliphatic heterocycles. The molecular weight excluding hydrogens is 234 g/mol. The van der Waals surface area contributed by atoms with Crippen LogP contribution in [0.3, 0.4) is 0 Å². The lowest BCUT2D eigenvalue weighted by Crippen LogP contribution is -2.46. The average Bonchev–Trinajstić information content (AvgIpc) is 3.16. The third kappa shape index (κ3) is 2.95. The molecule has 3 saturated carbocycles. The number of hydrogen-bond acceptors (Lipinski definition) is 3. The first-order valence-electron chi connectivity index (χ1n) is 8.13. The summed E-state index contributed by atoms with van der Waals surface area (Å²) < 4.78 is 0. The fourth-order valence-corrected chi connectivity index (χ4v) is 4.04. The Bertz CT molecular complexity index is 351. The van der Waals surface area contributed by atoms with Gasteiger partial charge in [-0.3, -0.25) is 5.32 Å². The molecule has 3 heteroatoms. The fraction of sp³-hybridized carbons (Fsp3) is 0.938. The quantitative estimate of drug-likeness (QED) is 0.846. The highest BCUT2D eigenvalue weighted by atomic mass is 15.2. The Morgan fingerprint density at radius 1 is 1.05 bits per heavy atom. The van der Waals surface area contributed by atoms with Crippen LogP contribution in [-0.4, -0.2) is 35.6 Å². The van der Waals surface area contributed by atoms with Gasteiger partial charge in [0.05, 0.1) is 6.07 Å². The maximum absolute atomic E-state index is 9.57. The summed E-state index contributed by atoms with van der Waals surface area (Å²) in [5.74, 6) is 0. The van der Waals surface area contributed by atoms with Crippen molar-refractivity contribution in [3.8, 4) is 6.07 Å². The Morgan fingerprint density at radius 2 is 1.79 bits per heavy atom. The second kappa shape index (κ2) is 5.42. The lowest BCUT2D eigenvalue weighted by atomic mass is 9.93. The molecule has 1 N–H and O–H groups in total. The van der Waals surface area contributed by atoms with Gasteiger partial charge < -0.3 is 4.90 Å². The van der Waals surface area contributed by atoms with E-state index < -0.39 is 0 Å². The Morgan fingerprint density at radius 3 is 2.42 bits per heavy atom. The lowest BCUT2D eigenvalue weighted by molar-refractivity contribution is 0.135. The normalized spacial score (nSPS) is 36.6. The highest BCUT2D eigenvalue weighted by molar-refractivity contribution is 5.15. The van der Waals surface area contributed by atoms with Crippen LogP contribution < -0.4 is 5.32 Å². The number of hydrogen-bond donors (Lipinski definition) is 1. The van der Waals surface area contributed by atoms with Crippen LogP contribution in [0.5, 0.6) is 0 Å². The van der Waals surface area contributed by atoms with Gasteiger partial charge in [0.25, 0.3) is 0 Å². The van der Waals surface area contributed by atoms with Crippen LogP contribution in [0.25, 0.3) is 0 Å². The van der Waals surface area contributed by atoms with E-state index in [1.54, 1.807) is 0 Å². The zero-order valence-electron chi connectivity index (χ0n) is 12.2. The van der Waals surface area contributed by atoms with E-state index in [1.165, 1.54) is 51.4 Å². The second-order valence-electron chi connectivity index (χ2n) is 6.97. The van der Waals surface area contributed by atoms with Crippen LogP contribution in [0.2, 0.25) is 0 Å². The minimum atomic E-state index is -0.214. The van der Waals surface area contributed by atoms with Crippen molar-refractivity contribution in [2.75, 3.05) is 7.05 Å². The maximum Gasteiger partial charge on any atom is 0.108 e. The van der Waals surface area contributed by atoms with Crippen molar-refractivity contribution in [1.82, 2.24) is 10.2 Å². The number of rotatable bonds is 4. The zero-order valence-corrected chi connectivity index (χ0v) is 12.2. The molecule has 0 aromatic rings. The minimum absolute atomic E-state index is 0.214. The molecule has 0 heterocycles. The molecule has 3 nitrogen and oxygen atoms in total. The van der Waals surface area contributed by atoms with E-state index in [0.29, 0.717) is 12.1 Å². The molecule has 19 heavy (non-hydrogen) atoms. The van der Waals surface area contributed by atoms with Crippen molar-refractivity contribution in [3.63, 3.8) is 0 Å². The smallest absolute Gasteiger partial charge is 0.108 e. The summed E-state index contributed by atoms with van der Waals surface area (Å²) in [5, 5.41) is 13.2. The molecule has 3 fully saturated rings. The van der Waals surface area contributed by atoms with Crippen molar-refractivity contribution in [2.45, 2.75) is 87.9 Å². The number of nitriles is 1. The van der Waals surface area contributed by atoms with Gasteiger partial charge in [-0.15, -0.1) is 0 Å². The average molecular weight is 261 g/mol. The summed E-state index contributed by atoms with van der Waals surface area (Å²) in [7, 11) is 2.30. The molecule has 2 unspecified atom stereocenters. The maximum atomic E-state index is 9.57. The van der Waals surface area contributed by atoms with Crippen LogP contribution in [0.1, 0.15) is 64.2 Å². The van der Waals surface area contributed by atoms with Crippen molar-refractivity contribution < 1.29 is 0 Å². The van der Waals surface area contributed by atoms with Crippen molar-refractivity contribution >= 4 is 0 Å². The lowest BCUT2D eigenvalue weighted by Gasteiger charge is -2.36. The van der Waals surface area contributed by atoms with E-state index in [0.717, 1.165) is 18.9 Å². The van der Waals surface area contributed by atoms with E-state index in [1.807, 2.05) is 0 Å². The summed E-state index contributed by atoms with van der Waals surface area (Å²) >= 11 is 0. The summed E-state index contributed by atoms with van der Waals surface area (Å²) in [6, 6.07) is 4.63. The van der Waals surface area contributed by atoms with Gasteiger partial charge in [0, 0.05) is 18.1 Å². The monoisotopic (exact) mass is 261 g/mol. The Balaban J connectivity index is 1.58. The van der Waals surface area contributed by atoms with Crippen LogP contribution in [0.4, 0.5) is 0 Å². The van der Waals surface area contributed by atoms with Crippen molar-refractivity contribution in [3.05, 3.63) is 0 Å². The third-order valence-corrected chi connectivity index (χ3v) is 5.49. The highest BCUT2D eigenvalue weighted by Crippen LogP contribution is 2.37. The van der Waals surface area contributed by atoms with Gasteiger partial charge in [-0.25, -0.2) is 0 Å². The van der Waals surface area contributed by atoms with E-state index in [9.17, 15) is 5.26 Å². The summed E-state index contributed by atoms with van der Waals surface area (Å²) in [6.45, 7) is 0. The molecule has 3 aliphatic rings.